The molecule has 6 nitrogen and oxygen atoms in total. The first-order valence-electron chi connectivity index (χ1n) is 13.3. The van der Waals surface area contributed by atoms with E-state index in [4.69, 9.17) is 4.42 Å². The van der Waals surface area contributed by atoms with Gasteiger partial charge >= 0.3 is 0 Å². The Morgan fingerprint density at radius 3 is 2.08 bits per heavy atom. The first-order chi connectivity index (χ1) is 18.3. The van der Waals surface area contributed by atoms with Gasteiger partial charge in [0.2, 0.25) is 11.2 Å². The molecule has 1 unspecified atom stereocenters. The largest absolute Gasteiger partial charge is 0.507 e. The van der Waals surface area contributed by atoms with Gasteiger partial charge in [0.15, 0.2) is 5.76 Å². The van der Waals surface area contributed by atoms with Gasteiger partial charge in [0.25, 0.3) is 0 Å². The topological polar surface area (TPSA) is 108 Å². The minimum absolute atomic E-state index is 0.0386. The zero-order valence-corrected chi connectivity index (χ0v) is 24.1. The summed E-state index contributed by atoms with van der Waals surface area (Å²) in [5, 5.41) is 32.1. The molecule has 0 saturated carbocycles. The summed E-state index contributed by atoms with van der Waals surface area (Å²) in [6.45, 7) is 13.7. The molecule has 0 spiro atoms. The predicted molar refractivity (Wildman–Crippen MR) is 157 cm³/mol. The van der Waals surface area contributed by atoms with Crippen LogP contribution in [0.15, 0.2) is 67.6 Å². The van der Waals surface area contributed by atoms with Gasteiger partial charge in [-0.1, -0.05) is 46.6 Å². The Morgan fingerprint density at radius 1 is 0.846 bits per heavy atom. The second-order valence-electron chi connectivity index (χ2n) is 11.3. The molecule has 1 aliphatic rings. The number of carbonyl (C=O) groups is 1. The number of ketones is 1. The second-order valence-corrected chi connectivity index (χ2v) is 11.3. The van der Waals surface area contributed by atoms with Gasteiger partial charge in [0, 0.05) is 17.7 Å². The standard InChI is InChI=1S/C33H40O6/c1-19(2)9-8-10-22(7)14-16-33(15-13-21(5)6)29-27(18-26(36)32(33)38)39-31-23(12-11-20(3)4)24(34)17-25(35)28(31)30(29)37/h9,11,13-14,17-18,34-36H,8,10,12,15-16H2,1-7H3. The fraction of sp³-hybridized carbons (Fsp3) is 0.394. The summed E-state index contributed by atoms with van der Waals surface area (Å²) in [5.41, 5.74) is 2.80. The van der Waals surface area contributed by atoms with Crippen LogP contribution in [-0.2, 0) is 16.6 Å². The smallest absolute Gasteiger partial charge is 0.208 e. The van der Waals surface area contributed by atoms with E-state index in [0.717, 1.165) is 35.6 Å². The van der Waals surface area contributed by atoms with Crippen molar-refractivity contribution in [3.8, 4) is 11.5 Å². The van der Waals surface area contributed by atoms with E-state index in [9.17, 15) is 24.9 Å². The Balaban J connectivity index is 2.34. The SMILES string of the molecule is CC(C)=CCCC(C)=CCC1(CC=C(C)C)C(=O)C(O)=Cc2oc3c(CC=C(C)C)c(O)cc(O)c3c(=O)c21. The fourth-order valence-electron chi connectivity index (χ4n) is 4.90. The number of fused-ring (bicyclic) bond motifs is 2. The van der Waals surface area contributed by atoms with Crippen LogP contribution in [0, 0.1) is 0 Å². The molecule has 0 saturated heterocycles. The molecule has 1 heterocycles. The number of benzene rings is 1. The molecule has 1 aromatic heterocycles. The van der Waals surface area contributed by atoms with Crippen molar-refractivity contribution >= 4 is 22.8 Å². The molecule has 0 radical (unpaired) electrons. The molecular weight excluding hydrogens is 492 g/mol. The Kier molecular flexibility index (Phi) is 9.10. The summed E-state index contributed by atoms with van der Waals surface area (Å²) in [6.07, 6.45) is 11.3. The monoisotopic (exact) mass is 532 g/mol. The maximum absolute atomic E-state index is 14.2. The van der Waals surface area contributed by atoms with Crippen LogP contribution in [0.5, 0.6) is 11.5 Å². The Bertz CT molecular complexity index is 1500. The molecule has 208 valence electrons. The molecule has 1 atom stereocenters. The minimum Gasteiger partial charge on any atom is -0.507 e. The van der Waals surface area contributed by atoms with Crippen LogP contribution >= 0.6 is 0 Å². The molecule has 0 amide bonds. The van der Waals surface area contributed by atoms with Crippen molar-refractivity contribution in [3.63, 3.8) is 0 Å². The van der Waals surface area contributed by atoms with Crippen molar-refractivity contribution in [1.29, 1.82) is 0 Å². The van der Waals surface area contributed by atoms with Crippen molar-refractivity contribution in [3.05, 3.63) is 85.5 Å². The maximum atomic E-state index is 14.2. The first-order valence-corrected chi connectivity index (χ1v) is 13.3. The van der Waals surface area contributed by atoms with Crippen LogP contribution in [0.25, 0.3) is 17.0 Å². The highest BCUT2D eigenvalue weighted by Crippen LogP contribution is 2.44. The predicted octanol–water partition coefficient (Wildman–Crippen LogP) is 7.87. The molecule has 3 N–H and O–H groups in total. The Hall–Kier alpha value is -3.80. The van der Waals surface area contributed by atoms with Crippen molar-refractivity contribution in [1.82, 2.24) is 0 Å². The van der Waals surface area contributed by atoms with Crippen LogP contribution in [-0.4, -0.2) is 21.1 Å². The van der Waals surface area contributed by atoms with Gasteiger partial charge in [-0.15, -0.1) is 0 Å². The third-order valence-electron chi connectivity index (χ3n) is 7.13. The minimum atomic E-state index is -1.41. The summed E-state index contributed by atoms with van der Waals surface area (Å²) in [4.78, 5) is 27.9. The number of aliphatic hydroxyl groups is 1. The van der Waals surface area contributed by atoms with Gasteiger partial charge < -0.3 is 19.7 Å². The van der Waals surface area contributed by atoms with E-state index >= 15 is 0 Å². The molecule has 0 bridgehead atoms. The van der Waals surface area contributed by atoms with Crippen molar-refractivity contribution in [2.75, 3.05) is 0 Å². The lowest BCUT2D eigenvalue weighted by molar-refractivity contribution is -0.123. The van der Waals surface area contributed by atoms with Crippen molar-refractivity contribution in [2.45, 2.75) is 86.0 Å². The van der Waals surface area contributed by atoms with E-state index in [2.05, 4.69) is 6.08 Å². The molecule has 1 aliphatic carbocycles. The van der Waals surface area contributed by atoms with E-state index in [1.807, 2.05) is 66.7 Å². The summed E-state index contributed by atoms with van der Waals surface area (Å²) in [6, 6.07) is 1.14. The quantitative estimate of drug-likeness (QED) is 0.284. The van der Waals surface area contributed by atoms with E-state index in [0.29, 0.717) is 5.56 Å². The van der Waals surface area contributed by atoms with Gasteiger partial charge in [-0.05, 0) is 80.6 Å². The number of allylic oxidation sites excluding steroid dienone is 9. The van der Waals surface area contributed by atoms with Gasteiger partial charge in [0.1, 0.15) is 28.2 Å². The number of phenols is 2. The van der Waals surface area contributed by atoms with Crippen LogP contribution < -0.4 is 5.43 Å². The third-order valence-corrected chi connectivity index (χ3v) is 7.13. The highest BCUT2D eigenvalue weighted by atomic mass is 16.3. The fourth-order valence-corrected chi connectivity index (χ4v) is 4.90. The molecule has 6 heteroatoms. The van der Waals surface area contributed by atoms with Crippen molar-refractivity contribution in [2.24, 2.45) is 0 Å². The Morgan fingerprint density at radius 2 is 1.46 bits per heavy atom. The van der Waals surface area contributed by atoms with E-state index < -0.39 is 28.1 Å². The van der Waals surface area contributed by atoms with E-state index in [-0.39, 0.29) is 47.3 Å². The van der Waals surface area contributed by atoms with Crippen LogP contribution in [0.1, 0.15) is 91.0 Å². The number of Topliss-reactive ketones (excluding diaryl/α,β-unsaturated/α-hetero) is 1. The van der Waals surface area contributed by atoms with Gasteiger partial charge in [-0.2, -0.15) is 0 Å². The number of aliphatic hydroxyl groups excluding tert-OH is 1. The lowest BCUT2D eigenvalue weighted by Crippen LogP contribution is -2.43. The summed E-state index contributed by atoms with van der Waals surface area (Å²) >= 11 is 0. The zero-order chi connectivity index (χ0) is 29.1. The van der Waals surface area contributed by atoms with E-state index in [1.54, 1.807) is 0 Å². The molecular formula is C33H40O6. The molecule has 0 aliphatic heterocycles. The van der Waals surface area contributed by atoms with Crippen molar-refractivity contribution < 1.29 is 24.5 Å². The molecule has 39 heavy (non-hydrogen) atoms. The molecule has 1 aromatic carbocycles. The number of aromatic hydroxyl groups is 2. The lowest BCUT2D eigenvalue weighted by Gasteiger charge is -2.34. The number of phenolic OH excluding ortho intramolecular Hbond substituents is 2. The number of hydrogen-bond donors (Lipinski definition) is 3. The Labute approximate surface area is 230 Å². The van der Waals surface area contributed by atoms with Crippen LogP contribution in [0.3, 0.4) is 0 Å². The zero-order valence-electron chi connectivity index (χ0n) is 24.1. The van der Waals surface area contributed by atoms with Crippen LogP contribution in [0.2, 0.25) is 0 Å². The summed E-state index contributed by atoms with van der Waals surface area (Å²) in [7, 11) is 0. The highest BCUT2D eigenvalue weighted by molar-refractivity contribution is 6.08. The average Bonchev–Trinajstić information content (AvgIpc) is 2.83. The normalized spacial score (nSPS) is 16.9. The number of carbonyl (C=O) groups excluding carboxylic acids is 1. The average molecular weight is 533 g/mol. The lowest BCUT2D eigenvalue weighted by atomic mass is 9.67. The second kappa shape index (κ2) is 11.9. The molecule has 2 aromatic rings. The van der Waals surface area contributed by atoms with Crippen LogP contribution in [0.4, 0.5) is 0 Å². The third kappa shape index (κ3) is 6.27. The van der Waals surface area contributed by atoms with Gasteiger partial charge in [-0.3, -0.25) is 9.59 Å². The maximum Gasteiger partial charge on any atom is 0.208 e. The first kappa shape index (κ1) is 29.8. The van der Waals surface area contributed by atoms with E-state index in [1.165, 1.54) is 11.6 Å². The summed E-state index contributed by atoms with van der Waals surface area (Å²) in [5.74, 6) is -1.61. The van der Waals surface area contributed by atoms with Gasteiger partial charge in [-0.25, -0.2) is 0 Å². The number of hydrogen-bond acceptors (Lipinski definition) is 6. The molecule has 0 fully saturated rings. The highest BCUT2D eigenvalue weighted by Gasteiger charge is 2.47. The van der Waals surface area contributed by atoms with Gasteiger partial charge in [0.05, 0.1) is 11.0 Å². The summed E-state index contributed by atoms with van der Waals surface area (Å²) < 4.78 is 6.18. The number of rotatable bonds is 9. The molecule has 3 rings (SSSR count).